The van der Waals surface area contributed by atoms with Gasteiger partial charge in [0, 0.05) is 31.9 Å². The van der Waals surface area contributed by atoms with Gasteiger partial charge in [-0.1, -0.05) is 18.2 Å². The van der Waals surface area contributed by atoms with Gasteiger partial charge in [-0.3, -0.25) is 4.79 Å². The van der Waals surface area contributed by atoms with Crippen molar-refractivity contribution in [3.63, 3.8) is 0 Å². The number of phenolic OH excluding ortho intramolecular Hbond substituents is 1. The third-order valence-electron chi connectivity index (χ3n) is 2.69. The first kappa shape index (κ1) is 12.4. The highest BCUT2D eigenvalue weighted by atomic mass is 16.3. The molecule has 0 aliphatic heterocycles. The Labute approximate surface area is 106 Å². The quantitative estimate of drug-likeness (QED) is 0.780. The molecule has 2 rings (SSSR count). The van der Waals surface area contributed by atoms with Crippen molar-refractivity contribution in [3.05, 3.63) is 64.6 Å². The summed E-state index contributed by atoms with van der Waals surface area (Å²) in [5.74, 6) is 0.273. The molecule has 0 amide bonds. The molecule has 1 aromatic carbocycles. The van der Waals surface area contributed by atoms with Crippen LogP contribution in [0.15, 0.2) is 53.5 Å². The molecular weight excluding hydrogens is 228 g/mol. The maximum absolute atomic E-state index is 11.4. The lowest BCUT2D eigenvalue weighted by molar-refractivity contribution is 0.475. The van der Waals surface area contributed by atoms with E-state index in [0.29, 0.717) is 6.54 Å². The van der Waals surface area contributed by atoms with Crippen LogP contribution in [0.25, 0.3) is 0 Å². The number of nitrogens with zero attached hydrogens (tertiary/aromatic N) is 1. The van der Waals surface area contributed by atoms with Gasteiger partial charge in [-0.05, 0) is 23.8 Å². The van der Waals surface area contributed by atoms with Crippen LogP contribution in [0.1, 0.15) is 5.56 Å². The molecule has 0 saturated heterocycles. The molecule has 1 aromatic heterocycles. The number of pyridine rings is 1. The highest BCUT2D eigenvalue weighted by Crippen LogP contribution is 2.08. The van der Waals surface area contributed by atoms with Crippen LogP contribution in [0.4, 0.5) is 0 Å². The van der Waals surface area contributed by atoms with Crippen molar-refractivity contribution in [2.45, 2.75) is 13.1 Å². The second-order valence-electron chi connectivity index (χ2n) is 4.08. The van der Waals surface area contributed by atoms with Gasteiger partial charge in [0.25, 0.3) is 5.56 Å². The van der Waals surface area contributed by atoms with Crippen LogP contribution in [0, 0.1) is 0 Å². The molecule has 94 valence electrons. The zero-order valence-electron chi connectivity index (χ0n) is 10.0. The lowest BCUT2D eigenvalue weighted by atomic mass is 10.2. The fraction of sp³-hybridized carbons (Fsp3) is 0.214. The molecule has 18 heavy (non-hydrogen) atoms. The number of benzene rings is 1. The summed E-state index contributed by atoms with van der Waals surface area (Å²) in [7, 11) is 0. The fourth-order valence-electron chi connectivity index (χ4n) is 1.69. The van der Waals surface area contributed by atoms with Gasteiger partial charge in [0.15, 0.2) is 0 Å². The van der Waals surface area contributed by atoms with E-state index in [1.807, 2.05) is 18.2 Å². The molecule has 0 atom stereocenters. The molecule has 2 N–H and O–H groups in total. The Kier molecular flexibility index (Phi) is 4.15. The zero-order chi connectivity index (χ0) is 12.8. The molecule has 4 nitrogen and oxygen atoms in total. The van der Waals surface area contributed by atoms with Crippen molar-refractivity contribution in [1.82, 2.24) is 9.88 Å². The summed E-state index contributed by atoms with van der Waals surface area (Å²) in [5, 5.41) is 12.4. The van der Waals surface area contributed by atoms with Crippen molar-refractivity contribution < 1.29 is 5.11 Å². The summed E-state index contributed by atoms with van der Waals surface area (Å²) in [4.78, 5) is 11.4. The van der Waals surface area contributed by atoms with E-state index in [1.54, 1.807) is 35.0 Å². The first-order chi connectivity index (χ1) is 8.75. The number of hydrogen-bond acceptors (Lipinski definition) is 3. The van der Waals surface area contributed by atoms with Gasteiger partial charge < -0.3 is 15.0 Å². The standard InChI is InChI=1S/C14H16N2O2/c17-13-6-4-12(5-7-13)11-15-8-10-16-9-2-1-3-14(16)18/h1-7,9,15,17H,8,10-11H2. The average molecular weight is 244 g/mol. The third-order valence-corrected chi connectivity index (χ3v) is 2.69. The lowest BCUT2D eigenvalue weighted by Gasteiger charge is -2.07. The second-order valence-corrected chi connectivity index (χ2v) is 4.08. The maximum atomic E-state index is 11.4. The molecule has 0 unspecified atom stereocenters. The van der Waals surface area contributed by atoms with Crippen LogP contribution in [0.3, 0.4) is 0 Å². The Balaban J connectivity index is 1.78. The Morgan fingerprint density at radius 2 is 1.89 bits per heavy atom. The van der Waals surface area contributed by atoms with E-state index in [9.17, 15) is 4.79 Å². The fourth-order valence-corrected chi connectivity index (χ4v) is 1.69. The summed E-state index contributed by atoms with van der Waals surface area (Å²) in [6, 6.07) is 12.2. The van der Waals surface area contributed by atoms with Gasteiger partial charge in [-0.25, -0.2) is 0 Å². The van der Waals surface area contributed by atoms with Crippen LogP contribution >= 0.6 is 0 Å². The summed E-state index contributed by atoms with van der Waals surface area (Å²) < 4.78 is 1.67. The SMILES string of the molecule is O=c1ccccn1CCNCc1ccc(O)cc1. The summed E-state index contributed by atoms with van der Waals surface area (Å²) in [5.41, 5.74) is 1.12. The molecule has 0 bridgehead atoms. The van der Waals surface area contributed by atoms with E-state index >= 15 is 0 Å². The first-order valence-corrected chi connectivity index (χ1v) is 5.90. The molecule has 0 saturated carbocycles. The topological polar surface area (TPSA) is 54.3 Å². The molecule has 0 fully saturated rings. The summed E-state index contributed by atoms with van der Waals surface area (Å²) in [6.07, 6.45) is 1.78. The molecule has 0 aliphatic rings. The Hall–Kier alpha value is -2.07. The first-order valence-electron chi connectivity index (χ1n) is 5.90. The van der Waals surface area contributed by atoms with E-state index in [0.717, 1.165) is 18.7 Å². The van der Waals surface area contributed by atoms with Crippen LogP contribution in [0.2, 0.25) is 0 Å². The lowest BCUT2D eigenvalue weighted by Crippen LogP contribution is -2.25. The van der Waals surface area contributed by atoms with Crippen molar-refractivity contribution in [3.8, 4) is 5.75 Å². The normalized spacial score (nSPS) is 10.4. The van der Waals surface area contributed by atoms with E-state index in [2.05, 4.69) is 5.32 Å². The number of nitrogens with one attached hydrogen (secondary N) is 1. The van der Waals surface area contributed by atoms with Crippen molar-refractivity contribution in [2.75, 3.05) is 6.54 Å². The van der Waals surface area contributed by atoms with E-state index in [-0.39, 0.29) is 11.3 Å². The smallest absolute Gasteiger partial charge is 0.250 e. The zero-order valence-corrected chi connectivity index (χ0v) is 10.0. The van der Waals surface area contributed by atoms with Gasteiger partial charge in [0.05, 0.1) is 0 Å². The summed E-state index contributed by atoms with van der Waals surface area (Å²) in [6.45, 7) is 2.10. The van der Waals surface area contributed by atoms with Crippen LogP contribution < -0.4 is 10.9 Å². The van der Waals surface area contributed by atoms with Gasteiger partial charge in [-0.2, -0.15) is 0 Å². The Bertz CT molecular complexity index is 546. The van der Waals surface area contributed by atoms with E-state index in [4.69, 9.17) is 5.11 Å². The van der Waals surface area contributed by atoms with E-state index in [1.165, 1.54) is 0 Å². The Morgan fingerprint density at radius 1 is 1.11 bits per heavy atom. The van der Waals surface area contributed by atoms with Crippen molar-refractivity contribution in [2.24, 2.45) is 0 Å². The maximum Gasteiger partial charge on any atom is 0.250 e. The Morgan fingerprint density at radius 3 is 2.61 bits per heavy atom. The molecular formula is C14H16N2O2. The number of hydrogen-bond donors (Lipinski definition) is 2. The number of phenols is 1. The number of aromatic hydroxyl groups is 1. The van der Waals surface area contributed by atoms with Crippen LogP contribution in [-0.4, -0.2) is 16.2 Å². The second kappa shape index (κ2) is 6.02. The van der Waals surface area contributed by atoms with Crippen LogP contribution in [0.5, 0.6) is 5.75 Å². The third kappa shape index (κ3) is 3.46. The van der Waals surface area contributed by atoms with Gasteiger partial charge in [-0.15, -0.1) is 0 Å². The van der Waals surface area contributed by atoms with Crippen molar-refractivity contribution >= 4 is 0 Å². The highest BCUT2D eigenvalue weighted by molar-refractivity contribution is 5.25. The predicted octanol–water partition coefficient (Wildman–Crippen LogP) is 1.34. The molecule has 1 heterocycles. The average Bonchev–Trinajstić information content (AvgIpc) is 2.39. The van der Waals surface area contributed by atoms with Gasteiger partial charge in [0.1, 0.15) is 5.75 Å². The van der Waals surface area contributed by atoms with Crippen LogP contribution in [-0.2, 0) is 13.1 Å². The predicted molar refractivity (Wildman–Crippen MR) is 70.5 cm³/mol. The molecule has 0 spiro atoms. The molecule has 2 aromatic rings. The minimum atomic E-state index is 0.0175. The molecule has 0 radical (unpaired) electrons. The van der Waals surface area contributed by atoms with Crippen molar-refractivity contribution in [1.29, 1.82) is 0 Å². The van der Waals surface area contributed by atoms with Gasteiger partial charge in [0.2, 0.25) is 0 Å². The molecule has 4 heteroatoms. The largest absolute Gasteiger partial charge is 0.508 e. The minimum absolute atomic E-state index is 0.0175. The molecule has 0 aliphatic carbocycles. The summed E-state index contributed by atoms with van der Waals surface area (Å²) >= 11 is 0. The highest BCUT2D eigenvalue weighted by Gasteiger charge is 1.95. The minimum Gasteiger partial charge on any atom is -0.508 e. The van der Waals surface area contributed by atoms with Gasteiger partial charge >= 0.3 is 0 Å². The van der Waals surface area contributed by atoms with E-state index < -0.39 is 0 Å². The monoisotopic (exact) mass is 244 g/mol. The number of aromatic nitrogens is 1. The number of rotatable bonds is 5.